The summed E-state index contributed by atoms with van der Waals surface area (Å²) in [4.78, 5) is 0. The summed E-state index contributed by atoms with van der Waals surface area (Å²) in [5.41, 5.74) is 2.36. The zero-order valence-electron chi connectivity index (χ0n) is 15.0. The van der Waals surface area contributed by atoms with Gasteiger partial charge in [0.25, 0.3) is 0 Å². The number of halogens is 2. The fourth-order valence-electron chi connectivity index (χ4n) is 4.11. The van der Waals surface area contributed by atoms with Crippen LogP contribution in [0.4, 0.5) is 8.78 Å². The van der Waals surface area contributed by atoms with E-state index in [4.69, 9.17) is 4.74 Å². The number of rotatable bonds is 5. The van der Waals surface area contributed by atoms with Crippen LogP contribution in [0.15, 0.2) is 36.4 Å². The van der Waals surface area contributed by atoms with Crippen LogP contribution in [0.1, 0.15) is 56.9 Å². The maximum atomic E-state index is 14.2. The summed E-state index contributed by atoms with van der Waals surface area (Å²) in [6, 6.07) is 10.1. The quantitative estimate of drug-likeness (QED) is 0.585. The summed E-state index contributed by atoms with van der Waals surface area (Å²) in [6.45, 7) is 2.26. The average Bonchev–Trinajstić information content (AvgIpc) is 2.62. The molecule has 1 aliphatic rings. The number of hydrogen-bond donors (Lipinski definition) is 0. The Morgan fingerprint density at radius 2 is 1.68 bits per heavy atom. The van der Waals surface area contributed by atoms with E-state index in [0.717, 1.165) is 17.5 Å². The van der Waals surface area contributed by atoms with Crippen molar-refractivity contribution in [2.75, 3.05) is 7.11 Å². The van der Waals surface area contributed by atoms with Gasteiger partial charge >= 0.3 is 0 Å². The molecule has 3 heteroatoms. The molecule has 0 N–H and O–H groups in total. The van der Waals surface area contributed by atoms with Gasteiger partial charge in [-0.1, -0.05) is 44.0 Å². The van der Waals surface area contributed by atoms with Gasteiger partial charge in [-0.15, -0.1) is 0 Å². The first-order valence-corrected chi connectivity index (χ1v) is 9.25. The predicted octanol–water partition coefficient (Wildman–Crippen LogP) is 6.71. The highest BCUT2D eigenvalue weighted by atomic mass is 19.1. The second-order valence-electron chi connectivity index (χ2n) is 7.09. The van der Waals surface area contributed by atoms with E-state index in [1.165, 1.54) is 57.3 Å². The summed E-state index contributed by atoms with van der Waals surface area (Å²) in [5.74, 6) is 0.494. The number of ether oxygens (including phenoxy) is 1. The van der Waals surface area contributed by atoms with Crippen molar-refractivity contribution in [3.05, 3.63) is 53.6 Å². The van der Waals surface area contributed by atoms with Gasteiger partial charge in [-0.05, 0) is 48.6 Å². The van der Waals surface area contributed by atoms with Crippen molar-refractivity contribution < 1.29 is 13.5 Å². The zero-order valence-corrected chi connectivity index (χ0v) is 15.0. The smallest absolute Gasteiger partial charge is 0.137 e. The standard InChI is InChI=1S/C22H26F2O/c1-3-4-15-5-7-16(8-6-15)17-9-11-18(12-10-17)22-20(24)13-19(23)14-21(22)25-2/h9-16H,3-8H2,1-2H3. The average molecular weight is 344 g/mol. The fraction of sp³-hybridized carbons (Fsp3) is 0.455. The predicted molar refractivity (Wildman–Crippen MR) is 98.0 cm³/mol. The summed E-state index contributed by atoms with van der Waals surface area (Å²) >= 11 is 0. The Kier molecular flexibility index (Phi) is 5.72. The summed E-state index contributed by atoms with van der Waals surface area (Å²) in [6.07, 6.45) is 7.70. The highest BCUT2D eigenvalue weighted by Gasteiger charge is 2.22. The molecular weight excluding hydrogens is 318 g/mol. The molecule has 0 heterocycles. The van der Waals surface area contributed by atoms with Crippen molar-refractivity contribution in [2.45, 2.75) is 51.4 Å². The third kappa shape index (κ3) is 4.02. The van der Waals surface area contributed by atoms with E-state index in [2.05, 4.69) is 19.1 Å². The summed E-state index contributed by atoms with van der Waals surface area (Å²) in [7, 11) is 1.43. The third-order valence-corrected chi connectivity index (χ3v) is 5.45. The van der Waals surface area contributed by atoms with Gasteiger partial charge in [-0.25, -0.2) is 8.78 Å². The minimum atomic E-state index is -0.626. The molecule has 0 unspecified atom stereocenters. The molecule has 134 valence electrons. The van der Waals surface area contributed by atoms with Crippen LogP contribution >= 0.6 is 0 Å². The Morgan fingerprint density at radius 1 is 1.00 bits per heavy atom. The molecule has 0 spiro atoms. The van der Waals surface area contributed by atoms with Crippen LogP contribution in [-0.2, 0) is 0 Å². The monoisotopic (exact) mass is 344 g/mol. The molecule has 0 amide bonds. The van der Waals surface area contributed by atoms with Crippen molar-refractivity contribution in [3.63, 3.8) is 0 Å². The molecule has 0 atom stereocenters. The molecule has 0 saturated heterocycles. The van der Waals surface area contributed by atoms with Crippen LogP contribution in [0.25, 0.3) is 11.1 Å². The molecule has 1 saturated carbocycles. The van der Waals surface area contributed by atoms with Gasteiger partial charge in [0.1, 0.15) is 17.4 Å². The molecule has 0 aromatic heterocycles. The molecule has 0 bridgehead atoms. The SMILES string of the molecule is CCCC1CCC(c2ccc(-c3c(F)cc(F)cc3OC)cc2)CC1. The van der Waals surface area contributed by atoms with Crippen molar-refractivity contribution in [1.82, 2.24) is 0 Å². The van der Waals surface area contributed by atoms with Gasteiger partial charge < -0.3 is 4.74 Å². The Bertz CT molecular complexity index is 701. The largest absolute Gasteiger partial charge is 0.496 e. The molecule has 1 fully saturated rings. The Labute approximate surface area is 149 Å². The molecule has 25 heavy (non-hydrogen) atoms. The normalized spacial score (nSPS) is 20.5. The van der Waals surface area contributed by atoms with E-state index in [9.17, 15) is 8.78 Å². The van der Waals surface area contributed by atoms with E-state index in [0.29, 0.717) is 11.5 Å². The lowest BCUT2D eigenvalue weighted by atomic mass is 9.77. The van der Waals surface area contributed by atoms with Gasteiger partial charge in [0, 0.05) is 12.1 Å². The Morgan fingerprint density at radius 3 is 2.28 bits per heavy atom. The zero-order chi connectivity index (χ0) is 17.8. The second kappa shape index (κ2) is 7.99. The lowest BCUT2D eigenvalue weighted by molar-refractivity contribution is 0.308. The molecule has 0 aliphatic heterocycles. The van der Waals surface area contributed by atoms with Crippen LogP contribution in [-0.4, -0.2) is 7.11 Å². The van der Waals surface area contributed by atoms with E-state index < -0.39 is 11.6 Å². The minimum absolute atomic E-state index is 0.227. The highest BCUT2D eigenvalue weighted by molar-refractivity contribution is 5.71. The first kappa shape index (κ1) is 17.9. The lowest BCUT2D eigenvalue weighted by Gasteiger charge is -2.28. The first-order chi connectivity index (χ1) is 12.1. The maximum Gasteiger partial charge on any atom is 0.137 e. The van der Waals surface area contributed by atoms with E-state index in [1.807, 2.05) is 12.1 Å². The maximum absolute atomic E-state index is 14.2. The lowest BCUT2D eigenvalue weighted by Crippen LogP contribution is -2.13. The van der Waals surface area contributed by atoms with Crippen molar-refractivity contribution in [1.29, 1.82) is 0 Å². The molecule has 0 radical (unpaired) electrons. The van der Waals surface area contributed by atoms with Gasteiger partial charge in [0.2, 0.25) is 0 Å². The number of benzene rings is 2. The van der Waals surface area contributed by atoms with Crippen LogP contribution in [0.5, 0.6) is 5.75 Å². The second-order valence-corrected chi connectivity index (χ2v) is 7.09. The van der Waals surface area contributed by atoms with Crippen LogP contribution in [0.2, 0.25) is 0 Å². The third-order valence-electron chi connectivity index (χ3n) is 5.45. The summed E-state index contributed by atoms with van der Waals surface area (Å²) < 4.78 is 32.8. The number of hydrogen-bond acceptors (Lipinski definition) is 1. The van der Waals surface area contributed by atoms with Gasteiger partial charge in [0.05, 0.1) is 12.7 Å². The molecule has 1 nitrogen and oxygen atoms in total. The molecule has 1 aliphatic carbocycles. The Balaban J connectivity index is 1.78. The van der Waals surface area contributed by atoms with Crippen molar-refractivity contribution >= 4 is 0 Å². The summed E-state index contributed by atoms with van der Waals surface area (Å²) in [5, 5.41) is 0. The van der Waals surface area contributed by atoms with Gasteiger partial charge in [0.15, 0.2) is 0 Å². The number of methoxy groups -OCH3 is 1. The van der Waals surface area contributed by atoms with Crippen molar-refractivity contribution in [3.8, 4) is 16.9 Å². The van der Waals surface area contributed by atoms with E-state index >= 15 is 0 Å². The van der Waals surface area contributed by atoms with Crippen LogP contribution < -0.4 is 4.74 Å². The van der Waals surface area contributed by atoms with Crippen molar-refractivity contribution in [2.24, 2.45) is 5.92 Å². The topological polar surface area (TPSA) is 9.23 Å². The Hall–Kier alpha value is -1.90. The van der Waals surface area contributed by atoms with Crippen LogP contribution in [0.3, 0.4) is 0 Å². The van der Waals surface area contributed by atoms with Gasteiger partial charge in [-0.2, -0.15) is 0 Å². The van der Waals surface area contributed by atoms with Gasteiger partial charge in [-0.3, -0.25) is 0 Å². The van der Waals surface area contributed by atoms with Crippen LogP contribution in [0, 0.1) is 17.6 Å². The minimum Gasteiger partial charge on any atom is -0.496 e. The molecular formula is C22H26F2O. The highest BCUT2D eigenvalue weighted by Crippen LogP contribution is 2.39. The first-order valence-electron chi connectivity index (χ1n) is 9.25. The van der Waals surface area contributed by atoms with E-state index in [1.54, 1.807) is 0 Å². The fourth-order valence-corrected chi connectivity index (χ4v) is 4.11. The molecule has 2 aromatic rings. The molecule has 2 aromatic carbocycles. The molecule has 3 rings (SSSR count). The van der Waals surface area contributed by atoms with E-state index in [-0.39, 0.29) is 5.75 Å².